The number of benzene rings is 3. The van der Waals surface area contributed by atoms with Gasteiger partial charge in [-0.1, -0.05) is 72.8 Å². The van der Waals surface area contributed by atoms with Crippen molar-refractivity contribution in [3.63, 3.8) is 0 Å². The molecule has 3 atom stereocenters. The van der Waals surface area contributed by atoms with Crippen molar-refractivity contribution in [2.24, 2.45) is 0 Å². The number of methoxy groups -OCH3 is 1. The lowest BCUT2D eigenvalue weighted by atomic mass is 10.0. The normalized spacial score (nSPS) is 15.5. The molecule has 2 heterocycles. The highest BCUT2D eigenvalue weighted by atomic mass is 32.1. The molecule has 0 saturated carbocycles. The zero-order chi connectivity index (χ0) is 31.6. The third kappa shape index (κ3) is 8.36. The van der Waals surface area contributed by atoms with Gasteiger partial charge in [0, 0.05) is 36.6 Å². The Morgan fingerprint density at radius 1 is 0.889 bits per heavy atom. The van der Waals surface area contributed by atoms with E-state index in [1.54, 1.807) is 29.5 Å². The van der Waals surface area contributed by atoms with Crippen molar-refractivity contribution in [2.75, 3.05) is 39.9 Å². The fraction of sp³-hybridized carbons (Fsp3) is 0.286. The van der Waals surface area contributed by atoms with Gasteiger partial charge in [0.15, 0.2) is 12.7 Å². The van der Waals surface area contributed by atoms with Crippen LogP contribution in [0.2, 0.25) is 0 Å². The van der Waals surface area contributed by atoms with E-state index in [4.69, 9.17) is 9.47 Å². The fourth-order valence-electron chi connectivity index (χ4n) is 5.48. The maximum absolute atomic E-state index is 13.2. The number of piperazine rings is 1. The van der Waals surface area contributed by atoms with E-state index in [2.05, 4.69) is 52.0 Å². The molecule has 1 fully saturated rings. The summed E-state index contributed by atoms with van der Waals surface area (Å²) in [5, 5.41) is 15.4. The van der Waals surface area contributed by atoms with Gasteiger partial charge in [0.05, 0.1) is 19.2 Å². The predicted octanol–water partition coefficient (Wildman–Crippen LogP) is 3.94. The monoisotopic (exact) mass is 627 g/mol. The number of rotatable bonds is 12. The first-order valence-electron chi connectivity index (χ1n) is 14.9. The summed E-state index contributed by atoms with van der Waals surface area (Å²) in [6.07, 6.45) is -1.33. The molecule has 234 valence electrons. The second kappa shape index (κ2) is 15.5. The number of carbonyl (C=O) groups is 3. The number of aliphatic hydroxyl groups is 1. The molecule has 0 radical (unpaired) electrons. The molecule has 2 amide bonds. The number of carbonyl (C=O) groups excluding carboxylic acids is 3. The largest absolute Gasteiger partial charge is 0.484 e. The van der Waals surface area contributed by atoms with Crippen LogP contribution in [-0.2, 0) is 20.7 Å². The number of amides is 2. The SMILES string of the molecule is COC(=O)[C@H](O)[C@H](Cc1ccccc1)NC(=O)c1cccc(OCC(=O)N2CCN(C(c3ccccc3)c3cccs3)CC2)c1. The number of aliphatic hydroxyl groups excluding tert-OH is 1. The van der Waals surface area contributed by atoms with Gasteiger partial charge in [0.2, 0.25) is 0 Å². The van der Waals surface area contributed by atoms with Crippen LogP contribution in [-0.4, -0.2) is 84.7 Å². The average Bonchev–Trinajstić information content (AvgIpc) is 3.62. The van der Waals surface area contributed by atoms with E-state index in [0.717, 1.165) is 18.7 Å². The molecule has 1 aliphatic heterocycles. The molecule has 10 heteroatoms. The number of hydrogen-bond donors (Lipinski definition) is 2. The third-order valence-electron chi connectivity index (χ3n) is 7.86. The fourth-order valence-corrected chi connectivity index (χ4v) is 6.36. The van der Waals surface area contributed by atoms with Crippen LogP contribution in [0.15, 0.2) is 102 Å². The van der Waals surface area contributed by atoms with E-state index in [1.807, 2.05) is 41.3 Å². The number of ether oxygens (including phenoxy) is 2. The zero-order valence-electron chi connectivity index (χ0n) is 25.1. The topological polar surface area (TPSA) is 108 Å². The second-order valence-electron chi connectivity index (χ2n) is 10.8. The van der Waals surface area contributed by atoms with Gasteiger partial charge in [0.25, 0.3) is 11.8 Å². The van der Waals surface area contributed by atoms with Gasteiger partial charge in [-0.15, -0.1) is 11.3 Å². The maximum Gasteiger partial charge on any atom is 0.336 e. The summed E-state index contributed by atoms with van der Waals surface area (Å²) in [7, 11) is 1.18. The molecule has 9 nitrogen and oxygen atoms in total. The highest BCUT2D eigenvalue weighted by Gasteiger charge is 2.30. The van der Waals surface area contributed by atoms with E-state index in [1.165, 1.54) is 23.6 Å². The summed E-state index contributed by atoms with van der Waals surface area (Å²) in [4.78, 5) is 43.8. The number of hydrogen-bond acceptors (Lipinski definition) is 8. The molecule has 1 saturated heterocycles. The van der Waals surface area contributed by atoms with Crippen molar-refractivity contribution in [3.8, 4) is 5.75 Å². The predicted molar refractivity (Wildman–Crippen MR) is 172 cm³/mol. The molecule has 3 aromatic carbocycles. The Morgan fingerprint density at radius 2 is 1.60 bits per heavy atom. The van der Waals surface area contributed by atoms with Gasteiger partial charge in [-0.2, -0.15) is 0 Å². The van der Waals surface area contributed by atoms with Crippen LogP contribution in [0.3, 0.4) is 0 Å². The Morgan fingerprint density at radius 3 is 2.27 bits per heavy atom. The van der Waals surface area contributed by atoms with Crippen LogP contribution >= 0.6 is 11.3 Å². The van der Waals surface area contributed by atoms with Crippen molar-refractivity contribution >= 4 is 29.1 Å². The Labute approximate surface area is 267 Å². The van der Waals surface area contributed by atoms with Crippen molar-refractivity contribution in [2.45, 2.75) is 24.6 Å². The standard InChI is InChI=1S/C35H37N3O6S/c1-43-35(42)33(40)29(22-25-10-4-2-5-11-25)36-34(41)27-14-8-15-28(23-27)44-24-31(39)37-17-19-38(20-18-37)32(30-16-9-21-45-30)26-12-6-3-7-13-26/h2-16,21,23,29,32-33,40H,17-20,22,24H2,1H3,(H,36,41)/t29-,32?,33+/m0/s1. The first-order chi connectivity index (χ1) is 21.9. The molecule has 0 bridgehead atoms. The summed E-state index contributed by atoms with van der Waals surface area (Å²) >= 11 is 1.74. The molecule has 0 spiro atoms. The lowest BCUT2D eigenvalue weighted by Crippen LogP contribution is -2.50. The van der Waals surface area contributed by atoms with Crippen LogP contribution < -0.4 is 10.1 Å². The smallest absolute Gasteiger partial charge is 0.336 e. The summed E-state index contributed by atoms with van der Waals surface area (Å²) in [5.41, 5.74) is 2.34. The average molecular weight is 628 g/mol. The Balaban J connectivity index is 1.16. The van der Waals surface area contributed by atoms with Gasteiger partial charge in [-0.3, -0.25) is 14.5 Å². The lowest BCUT2D eigenvalue weighted by Gasteiger charge is -2.39. The summed E-state index contributed by atoms with van der Waals surface area (Å²) in [6, 6.07) is 29.6. The van der Waals surface area contributed by atoms with Gasteiger partial charge in [0.1, 0.15) is 5.75 Å². The Kier molecular flexibility index (Phi) is 11.0. The molecule has 1 unspecified atom stereocenters. The molecular weight excluding hydrogens is 590 g/mol. The van der Waals surface area contributed by atoms with Crippen molar-refractivity contribution < 1.29 is 29.0 Å². The molecule has 1 aromatic heterocycles. The minimum atomic E-state index is -1.55. The molecule has 0 aliphatic carbocycles. The highest BCUT2D eigenvalue weighted by Crippen LogP contribution is 2.32. The van der Waals surface area contributed by atoms with Crippen molar-refractivity contribution in [1.82, 2.24) is 15.1 Å². The van der Waals surface area contributed by atoms with E-state index < -0.39 is 24.0 Å². The van der Waals surface area contributed by atoms with E-state index >= 15 is 0 Å². The quantitative estimate of drug-likeness (QED) is 0.229. The van der Waals surface area contributed by atoms with Crippen LogP contribution in [0.1, 0.15) is 32.4 Å². The summed E-state index contributed by atoms with van der Waals surface area (Å²) in [6.45, 7) is 2.49. The minimum Gasteiger partial charge on any atom is -0.484 e. The second-order valence-corrected chi connectivity index (χ2v) is 11.8. The number of esters is 1. The van der Waals surface area contributed by atoms with E-state index in [9.17, 15) is 19.5 Å². The van der Waals surface area contributed by atoms with Crippen LogP contribution in [0, 0.1) is 0 Å². The number of thiophene rings is 1. The highest BCUT2D eigenvalue weighted by molar-refractivity contribution is 7.10. The number of nitrogens with zero attached hydrogens (tertiary/aromatic N) is 2. The van der Waals surface area contributed by atoms with Crippen molar-refractivity contribution in [3.05, 3.63) is 124 Å². The lowest BCUT2D eigenvalue weighted by molar-refractivity contribution is -0.151. The first kappa shape index (κ1) is 31.9. The minimum absolute atomic E-state index is 0.124. The molecule has 5 rings (SSSR count). The zero-order valence-corrected chi connectivity index (χ0v) is 25.9. The van der Waals surface area contributed by atoms with E-state index in [-0.39, 0.29) is 30.5 Å². The molecule has 1 aliphatic rings. The van der Waals surface area contributed by atoms with Gasteiger partial charge >= 0.3 is 5.97 Å². The molecular formula is C35H37N3O6S. The molecule has 2 N–H and O–H groups in total. The summed E-state index contributed by atoms with van der Waals surface area (Å²) in [5.74, 6) is -1.09. The van der Waals surface area contributed by atoms with Gasteiger partial charge < -0.3 is 24.8 Å². The van der Waals surface area contributed by atoms with Gasteiger partial charge in [-0.05, 0) is 47.2 Å². The van der Waals surface area contributed by atoms with Crippen molar-refractivity contribution in [1.29, 1.82) is 0 Å². The molecule has 45 heavy (non-hydrogen) atoms. The van der Waals surface area contributed by atoms with Crippen LogP contribution in [0.4, 0.5) is 0 Å². The Hall–Kier alpha value is -4.51. The van der Waals surface area contributed by atoms with E-state index in [0.29, 0.717) is 18.8 Å². The third-order valence-corrected chi connectivity index (χ3v) is 8.78. The van der Waals surface area contributed by atoms with Crippen LogP contribution in [0.5, 0.6) is 5.75 Å². The molecule has 4 aromatic rings. The Bertz CT molecular complexity index is 1540. The number of nitrogens with one attached hydrogen (secondary N) is 1. The van der Waals surface area contributed by atoms with Gasteiger partial charge in [-0.25, -0.2) is 4.79 Å². The summed E-state index contributed by atoms with van der Waals surface area (Å²) < 4.78 is 10.5. The first-order valence-corrected chi connectivity index (χ1v) is 15.7. The maximum atomic E-state index is 13.2. The van der Waals surface area contributed by atoms with Crippen LogP contribution in [0.25, 0.3) is 0 Å².